The minimum absolute atomic E-state index is 0.0661. The monoisotopic (exact) mass is 412 g/mol. The van der Waals surface area contributed by atoms with E-state index in [0.717, 1.165) is 37.2 Å². The Morgan fingerprint density at radius 3 is 2.52 bits per heavy atom. The van der Waals surface area contributed by atoms with Gasteiger partial charge in [-0.2, -0.15) is 0 Å². The fourth-order valence-electron chi connectivity index (χ4n) is 3.48. The molecule has 1 aliphatic heterocycles. The average Bonchev–Trinajstić information content (AvgIpc) is 3.22. The molecule has 0 aromatic heterocycles. The first-order valence-corrected chi connectivity index (χ1v) is 10.0. The van der Waals surface area contributed by atoms with Crippen molar-refractivity contribution in [2.75, 3.05) is 23.3 Å². The van der Waals surface area contributed by atoms with E-state index in [1.165, 1.54) is 6.07 Å². The van der Waals surface area contributed by atoms with Gasteiger partial charge in [-0.3, -0.25) is 20.2 Å². The summed E-state index contributed by atoms with van der Waals surface area (Å²) < 4.78 is 0. The summed E-state index contributed by atoms with van der Waals surface area (Å²) in [5, 5.41) is 17.3. The first-order valence-electron chi connectivity index (χ1n) is 9.61. The lowest BCUT2D eigenvalue weighted by Crippen LogP contribution is -2.34. The van der Waals surface area contributed by atoms with E-state index in [9.17, 15) is 14.9 Å². The highest BCUT2D eigenvalue weighted by Crippen LogP contribution is 2.31. The minimum Gasteiger partial charge on any atom is -0.366 e. The molecule has 8 heteroatoms. The summed E-state index contributed by atoms with van der Waals surface area (Å²) in [6, 6.07) is 12.3. The molecule has 0 spiro atoms. The van der Waals surface area contributed by atoms with Crippen LogP contribution in [0.4, 0.5) is 17.1 Å². The summed E-state index contributed by atoms with van der Waals surface area (Å²) >= 11 is 5.27. The molecule has 1 heterocycles. The smallest absolute Gasteiger partial charge is 0.293 e. The van der Waals surface area contributed by atoms with Gasteiger partial charge in [-0.1, -0.05) is 32.0 Å². The van der Waals surface area contributed by atoms with Crippen molar-refractivity contribution in [3.63, 3.8) is 0 Å². The SMILES string of the molecule is CC(C)c1ccccc1NC(=S)NC(=O)c1ccc(N2CCCC2)c([N+](=O)[O-])c1. The number of nitro benzene ring substituents is 1. The standard InChI is InChI=1S/C21H24N4O3S/c1-14(2)16-7-3-4-8-17(16)22-21(29)23-20(26)15-9-10-18(19(13-15)25(27)28)24-11-5-6-12-24/h3-4,7-10,13-14H,5-6,11-12H2,1-2H3,(H2,22,23,26,29). The molecule has 1 amide bonds. The van der Waals surface area contributed by atoms with E-state index in [1.54, 1.807) is 12.1 Å². The Kier molecular flexibility index (Phi) is 6.43. The molecule has 3 rings (SSSR count). The molecule has 29 heavy (non-hydrogen) atoms. The third kappa shape index (κ3) is 4.89. The Bertz CT molecular complexity index is 939. The molecule has 152 valence electrons. The third-order valence-corrected chi connectivity index (χ3v) is 5.14. The second-order valence-corrected chi connectivity index (χ2v) is 7.71. The molecule has 0 unspecified atom stereocenters. The number of anilines is 2. The number of amides is 1. The molecule has 0 aliphatic carbocycles. The number of rotatable bonds is 5. The molecule has 1 aliphatic rings. The van der Waals surface area contributed by atoms with E-state index in [0.29, 0.717) is 5.69 Å². The Labute approximate surface area is 175 Å². The van der Waals surface area contributed by atoms with Crippen LogP contribution in [0.3, 0.4) is 0 Å². The average molecular weight is 413 g/mol. The first kappa shape index (κ1) is 20.7. The fraction of sp³-hybridized carbons (Fsp3) is 0.333. The first-order chi connectivity index (χ1) is 13.9. The normalized spacial score (nSPS) is 13.4. The highest BCUT2D eigenvalue weighted by molar-refractivity contribution is 7.80. The molecule has 2 N–H and O–H groups in total. The number of carbonyl (C=O) groups excluding carboxylic acids is 1. The molecular formula is C21H24N4O3S. The van der Waals surface area contributed by atoms with E-state index in [1.807, 2.05) is 29.2 Å². The second-order valence-electron chi connectivity index (χ2n) is 7.30. The topological polar surface area (TPSA) is 87.5 Å². The number of hydrogen-bond acceptors (Lipinski definition) is 5. The van der Waals surface area contributed by atoms with Gasteiger partial charge in [0.05, 0.1) is 4.92 Å². The van der Waals surface area contributed by atoms with Crippen molar-refractivity contribution >= 4 is 40.3 Å². The number of carbonyl (C=O) groups is 1. The number of nitrogens with zero attached hydrogens (tertiary/aromatic N) is 2. The Balaban J connectivity index is 1.74. The third-order valence-electron chi connectivity index (χ3n) is 4.94. The predicted octanol–water partition coefficient (Wildman–Crippen LogP) is 4.45. The largest absolute Gasteiger partial charge is 0.366 e. The molecule has 1 fully saturated rings. The molecule has 0 saturated carbocycles. The molecule has 1 saturated heterocycles. The number of nitrogens with one attached hydrogen (secondary N) is 2. The van der Waals surface area contributed by atoms with E-state index >= 15 is 0 Å². The molecule has 0 atom stereocenters. The van der Waals surface area contributed by atoms with Gasteiger partial charge in [0.25, 0.3) is 11.6 Å². The van der Waals surface area contributed by atoms with Crippen LogP contribution < -0.4 is 15.5 Å². The summed E-state index contributed by atoms with van der Waals surface area (Å²) in [5.41, 5.74) is 2.58. The number of nitro groups is 1. The van der Waals surface area contributed by atoms with Crippen LogP contribution in [0, 0.1) is 10.1 Å². The Hall–Kier alpha value is -3.00. The summed E-state index contributed by atoms with van der Waals surface area (Å²) in [4.78, 5) is 25.7. The van der Waals surface area contributed by atoms with Crippen LogP contribution in [0.1, 0.15) is 48.5 Å². The molecule has 0 radical (unpaired) electrons. The van der Waals surface area contributed by atoms with Gasteiger partial charge < -0.3 is 10.2 Å². The maximum atomic E-state index is 12.6. The summed E-state index contributed by atoms with van der Waals surface area (Å²) in [6.07, 6.45) is 2.02. The number of hydrogen-bond donors (Lipinski definition) is 2. The van der Waals surface area contributed by atoms with Crippen molar-refractivity contribution in [1.82, 2.24) is 5.32 Å². The van der Waals surface area contributed by atoms with Crippen molar-refractivity contribution < 1.29 is 9.72 Å². The zero-order valence-electron chi connectivity index (χ0n) is 16.5. The van der Waals surface area contributed by atoms with Crippen LogP contribution in [0.5, 0.6) is 0 Å². The van der Waals surface area contributed by atoms with Gasteiger partial charge in [0, 0.05) is 30.4 Å². The van der Waals surface area contributed by atoms with Gasteiger partial charge in [0.2, 0.25) is 0 Å². The van der Waals surface area contributed by atoms with E-state index < -0.39 is 10.8 Å². The van der Waals surface area contributed by atoms with Crippen LogP contribution in [-0.2, 0) is 0 Å². The Morgan fingerprint density at radius 1 is 1.17 bits per heavy atom. The lowest BCUT2D eigenvalue weighted by atomic mass is 10.0. The maximum Gasteiger partial charge on any atom is 0.293 e. The molecule has 7 nitrogen and oxygen atoms in total. The van der Waals surface area contributed by atoms with E-state index in [2.05, 4.69) is 24.5 Å². The van der Waals surface area contributed by atoms with Crippen LogP contribution in [0.25, 0.3) is 0 Å². The predicted molar refractivity (Wildman–Crippen MR) is 119 cm³/mol. The zero-order chi connectivity index (χ0) is 21.0. The zero-order valence-corrected chi connectivity index (χ0v) is 17.3. The van der Waals surface area contributed by atoms with Crippen LogP contribution >= 0.6 is 12.2 Å². The number of para-hydroxylation sites is 1. The van der Waals surface area contributed by atoms with Crippen molar-refractivity contribution in [2.45, 2.75) is 32.6 Å². The van der Waals surface area contributed by atoms with Crippen molar-refractivity contribution in [3.8, 4) is 0 Å². The van der Waals surface area contributed by atoms with Crippen molar-refractivity contribution in [3.05, 3.63) is 63.7 Å². The van der Waals surface area contributed by atoms with Crippen molar-refractivity contribution in [2.24, 2.45) is 0 Å². The minimum atomic E-state index is -0.486. The molecular weight excluding hydrogens is 388 g/mol. The lowest BCUT2D eigenvalue weighted by molar-refractivity contribution is -0.384. The molecule has 0 bridgehead atoms. The number of thiocarbonyl (C=S) groups is 1. The fourth-order valence-corrected chi connectivity index (χ4v) is 3.68. The summed E-state index contributed by atoms with van der Waals surface area (Å²) in [7, 11) is 0. The van der Waals surface area contributed by atoms with Crippen molar-refractivity contribution in [1.29, 1.82) is 0 Å². The van der Waals surface area contributed by atoms with Gasteiger partial charge in [0.1, 0.15) is 5.69 Å². The maximum absolute atomic E-state index is 12.6. The van der Waals surface area contributed by atoms with Gasteiger partial charge in [0.15, 0.2) is 5.11 Å². The van der Waals surface area contributed by atoms with Crippen LogP contribution in [0.2, 0.25) is 0 Å². The quantitative estimate of drug-likeness (QED) is 0.429. The van der Waals surface area contributed by atoms with Gasteiger partial charge in [-0.25, -0.2) is 0 Å². The van der Waals surface area contributed by atoms with Crippen LogP contribution in [0.15, 0.2) is 42.5 Å². The van der Waals surface area contributed by atoms with Gasteiger partial charge in [-0.15, -0.1) is 0 Å². The summed E-state index contributed by atoms with van der Waals surface area (Å²) in [6.45, 7) is 5.72. The molecule has 2 aromatic rings. The van der Waals surface area contributed by atoms with Gasteiger partial charge in [-0.05, 0) is 54.7 Å². The van der Waals surface area contributed by atoms with E-state index in [4.69, 9.17) is 12.2 Å². The second kappa shape index (κ2) is 9.00. The highest BCUT2D eigenvalue weighted by Gasteiger charge is 2.24. The molecule has 2 aromatic carbocycles. The Morgan fingerprint density at radius 2 is 1.86 bits per heavy atom. The lowest BCUT2D eigenvalue weighted by Gasteiger charge is -2.18. The van der Waals surface area contributed by atoms with Gasteiger partial charge >= 0.3 is 0 Å². The number of benzene rings is 2. The van der Waals surface area contributed by atoms with E-state index in [-0.39, 0.29) is 22.3 Å². The van der Waals surface area contributed by atoms with Crippen LogP contribution in [-0.4, -0.2) is 29.0 Å². The summed E-state index contributed by atoms with van der Waals surface area (Å²) in [5.74, 6) is -0.196. The highest BCUT2D eigenvalue weighted by atomic mass is 32.1.